The Kier molecular flexibility index (Phi) is 2.67. The van der Waals surface area contributed by atoms with Crippen molar-refractivity contribution in [2.45, 2.75) is 32.4 Å². The second-order valence-electron chi connectivity index (χ2n) is 3.81. The van der Waals surface area contributed by atoms with Crippen molar-refractivity contribution < 1.29 is 0 Å². The molecule has 0 spiro atoms. The molecule has 5 heteroatoms. The van der Waals surface area contributed by atoms with E-state index in [0.29, 0.717) is 6.04 Å². The molecule has 0 bridgehead atoms. The van der Waals surface area contributed by atoms with Crippen molar-refractivity contribution in [3.63, 3.8) is 0 Å². The van der Waals surface area contributed by atoms with E-state index in [1.807, 2.05) is 10.9 Å². The van der Waals surface area contributed by atoms with Crippen LogP contribution in [-0.2, 0) is 6.54 Å². The van der Waals surface area contributed by atoms with E-state index in [-0.39, 0.29) is 0 Å². The molecule has 0 radical (unpaired) electrons. The summed E-state index contributed by atoms with van der Waals surface area (Å²) in [6.07, 6.45) is 3.97. The molecule has 0 aromatic carbocycles. The number of aryl methyl sites for hydroxylation is 1. The molecule has 0 saturated carbocycles. The van der Waals surface area contributed by atoms with E-state index >= 15 is 0 Å². The molecule has 2 heterocycles. The molecule has 1 aliphatic rings. The quantitative estimate of drug-likeness (QED) is 0.750. The van der Waals surface area contributed by atoms with Crippen molar-refractivity contribution in [3.05, 3.63) is 6.20 Å². The van der Waals surface area contributed by atoms with Gasteiger partial charge in [0.25, 0.3) is 0 Å². The Labute approximate surface area is 83.9 Å². The minimum Gasteiger partial charge on any atom is -0.354 e. The molecule has 1 aliphatic heterocycles. The van der Waals surface area contributed by atoms with Crippen LogP contribution in [0.2, 0.25) is 0 Å². The zero-order chi connectivity index (χ0) is 9.97. The van der Waals surface area contributed by atoms with Gasteiger partial charge in [-0.2, -0.15) is 0 Å². The van der Waals surface area contributed by atoms with Gasteiger partial charge in [0.15, 0.2) is 0 Å². The summed E-state index contributed by atoms with van der Waals surface area (Å²) in [4.78, 5) is 2.26. The van der Waals surface area contributed by atoms with Crippen molar-refractivity contribution in [2.75, 3.05) is 18.0 Å². The normalized spacial score (nSPS) is 21.9. The van der Waals surface area contributed by atoms with Crippen LogP contribution < -0.4 is 10.6 Å². The first-order valence-electron chi connectivity index (χ1n) is 5.20. The third-order valence-corrected chi connectivity index (χ3v) is 2.58. The number of rotatable bonds is 3. The molecule has 1 saturated heterocycles. The van der Waals surface area contributed by atoms with Crippen LogP contribution in [0.25, 0.3) is 0 Å². The van der Waals surface area contributed by atoms with Gasteiger partial charge in [-0.25, -0.2) is 4.68 Å². The Morgan fingerprint density at radius 1 is 1.64 bits per heavy atom. The van der Waals surface area contributed by atoms with Gasteiger partial charge >= 0.3 is 0 Å². The van der Waals surface area contributed by atoms with Crippen molar-refractivity contribution in [2.24, 2.45) is 5.73 Å². The van der Waals surface area contributed by atoms with Crippen LogP contribution in [0.5, 0.6) is 0 Å². The average Bonchev–Trinajstić information content (AvgIpc) is 2.74. The molecular formula is C9H17N5. The zero-order valence-electron chi connectivity index (χ0n) is 8.56. The Morgan fingerprint density at radius 3 is 3.14 bits per heavy atom. The largest absolute Gasteiger partial charge is 0.354 e. The summed E-state index contributed by atoms with van der Waals surface area (Å²) in [6, 6.07) is 0.306. The first-order chi connectivity index (χ1) is 6.81. The first kappa shape index (κ1) is 9.45. The topological polar surface area (TPSA) is 60.0 Å². The highest BCUT2D eigenvalue weighted by Crippen LogP contribution is 2.18. The number of aromatic nitrogens is 3. The lowest BCUT2D eigenvalue weighted by molar-refractivity contribution is 0.573. The SMILES string of the molecule is CCCn1nncc1N1CCC(N)C1. The van der Waals surface area contributed by atoms with E-state index in [0.717, 1.165) is 38.3 Å². The van der Waals surface area contributed by atoms with E-state index in [1.54, 1.807) is 0 Å². The van der Waals surface area contributed by atoms with Gasteiger partial charge in [-0.05, 0) is 12.8 Å². The highest BCUT2D eigenvalue weighted by atomic mass is 15.5. The summed E-state index contributed by atoms with van der Waals surface area (Å²) in [5, 5.41) is 8.00. The molecule has 2 rings (SSSR count). The maximum Gasteiger partial charge on any atom is 0.147 e. The third-order valence-electron chi connectivity index (χ3n) is 2.58. The molecule has 1 aromatic heterocycles. The van der Waals surface area contributed by atoms with Crippen LogP contribution in [0.15, 0.2) is 6.20 Å². The van der Waals surface area contributed by atoms with Gasteiger partial charge in [-0.3, -0.25) is 0 Å². The smallest absolute Gasteiger partial charge is 0.147 e. The van der Waals surface area contributed by atoms with Crippen LogP contribution in [0.4, 0.5) is 5.82 Å². The van der Waals surface area contributed by atoms with E-state index in [2.05, 4.69) is 22.1 Å². The fourth-order valence-electron chi connectivity index (χ4n) is 1.86. The van der Waals surface area contributed by atoms with Crippen LogP contribution in [0.1, 0.15) is 19.8 Å². The molecule has 0 aliphatic carbocycles. The monoisotopic (exact) mass is 195 g/mol. The predicted molar refractivity (Wildman–Crippen MR) is 55.1 cm³/mol. The summed E-state index contributed by atoms with van der Waals surface area (Å²) in [5.74, 6) is 1.11. The molecule has 14 heavy (non-hydrogen) atoms. The minimum absolute atomic E-state index is 0.306. The molecule has 2 N–H and O–H groups in total. The summed E-state index contributed by atoms with van der Waals surface area (Å²) < 4.78 is 1.96. The Bertz CT molecular complexity index is 295. The predicted octanol–water partition coefficient (Wildman–Crippen LogP) is 0.226. The summed E-state index contributed by atoms with van der Waals surface area (Å²) in [6.45, 7) is 5.03. The van der Waals surface area contributed by atoms with Crippen molar-refractivity contribution in [1.82, 2.24) is 15.0 Å². The lowest BCUT2D eigenvalue weighted by Crippen LogP contribution is -2.28. The number of hydrogen-bond donors (Lipinski definition) is 1. The number of anilines is 1. The Morgan fingerprint density at radius 2 is 2.50 bits per heavy atom. The van der Waals surface area contributed by atoms with Crippen molar-refractivity contribution >= 4 is 5.82 Å². The standard InChI is InChI=1S/C9H17N5/c1-2-4-14-9(6-11-12-14)13-5-3-8(10)7-13/h6,8H,2-5,7,10H2,1H3. The van der Waals surface area contributed by atoms with Crippen LogP contribution in [0, 0.1) is 0 Å². The molecule has 1 fully saturated rings. The minimum atomic E-state index is 0.306. The highest BCUT2D eigenvalue weighted by molar-refractivity contribution is 5.37. The highest BCUT2D eigenvalue weighted by Gasteiger charge is 2.22. The lowest BCUT2D eigenvalue weighted by Gasteiger charge is -2.17. The Balaban J connectivity index is 2.11. The van der Waals surface area contributed by atoms with Gasteiger partial charge in [-0.15, -0.1) is 5.10 Å². The van der Waals surface area contributed by atoms with Gasteiger partial charge in [0, 0.05) is 25.7 Å². The van der Waals surface area contributed by atoms with E-state index in [9.17, 15) is 0 Å². The van der Waals surface area contributed by atoms with Crippen molar-refractivity contribution in [3.8, 4) is 0 Å². The van der Waals surface area contributed by atoms with Crippen molar-refractivity contribution in [1.29, 1.82) is 0 Å². The lowest BCUT2D eigenvalue weighted by atomic mass is 10.3. The van der Waals surface area contributed by atoms with Gasteiger partial charge in [-0.1, -0.05) is 12.1 Å². The molecule has 0 amide bonds. The van der Waals surface area contributed by atoms with E-state index < -0.39 is 0 Å². The summed E-state index contributed by atoms with van der Waals surface area (Å²) >= 11 is 0. The molecule has 78 valence electrons. The molecule has 1 atom stereocenters. The fraction of sp³-hybridized carbons (Fsp3) is 0.778. The maximum absolute atomic E-state index is 5.86. The zero-order valence-corrected chi connectivity index (χ0v) is 8.56. The third kappa shape index (κ3) is 1.72. The van der Waals surface area contributed by atoms with Gasteiger partial charge < -0.3 is 10.6 Å². The van der Waals surface area contributed by atoms with Crippen LogP contribution in [0.3, 0.4) is 0 Å². The van der Waals surface area contributed by atoms with Crippen LogP contribution >= 0.6 is 0 Å². The second-order valence-corrected chi connectivity index (χ2v) is 3.81. The fourth-order valence-corrected chi connectivity index (χ4v) is 1.86. The first-order valence-corrected chi connectivity index (χ1v) is 5.20. The average molecular weight is 195 g/mol. The van der Waals surface area contributed by atoms with E-state index in [4.69, 9.17) is 5.73 Å². The second kappa shape index (κ2) is 3.96. The van der Waals surface area contributed by atoms with Gasteiger partial charge in [0.2, 0.25) is 0 Å². The van der Waals surface area contributed by atoms with Gasteiger partial charge in [0.1, 0.15) is 5.82 Å². The summed E-state index contributed by atoms with van der Waals surface area (Å²) in [7, 11) is 0. The number of nitrogens with two attached hydrogens (primary N) is 1. The Hall–Kier alpha value is -1.10. The maximum atomic E-state index is 5.86. The van der Waals surface area contributed by atoms with Crippen LogP contribution in [-0.4, -0.2) is 34.1 Å². The molecule has 5 nitrogen and oxygen atoms in total. The molecular weight excluding hydrogens is 178 g/mol. The number of hydrogen-bond acceptors (Lipinski definition) is 4. The molecule has 1 unspecified atom stereocenters. The summed E-state index contributed by atoms with van der Waals surface area (Å²) in [5.41, 5.74) is 5.86. The van der Waals surface area contributed by atoms with Gasteiger partial charge in [0.05, 0.1) is 6.20 Å². The molecule has 1 aromatic rings. The number of nitrogens with zero attached hydrogens (tertiary/aromatic N) is 4. The van der Waals surface area contributed by atoms with E-state index in [1.165, 1.54) is 0 Å².